The van der Waals surface area contributed by atoms with Crippen molar-refractivity contribution in [3.05, 3.63) is 54.1 Å². The Bertz CT molecular complexity index is 878. The summed E-state index contributed by atoms with van der Waals surface area (Å²) < 4.78 is 2.14. The third kappa shape index (κ3) is 3.05. The van der Waals surface area contributed by atoms with Crippen molar-refractivity contribution in [2.45, 2.75) is 25.2 Å². The van der Waals surface area contributed by atoms with Crippen molar-refractivity contribution in [2.24, 2.45) is 0 Å². The highest BCUT2D eigenvalue weighted by molar-refractivity contribution is 5.64. The highest BCUT2D eigenvalue weighted by Crippen LogP contribution is 2.39. The first-order valence-corrected chi connectivity index (χ1v) is 9.59. The number of aromatic nitrogens is 4. The molecule has 2 fully saturated rings. The van der Waals surface area contributed by atoms with Gasteiger partial charge in [-0.1, -0.05) is 30.3 Å². The standard InChI is InChI=1S/C20H24N6/c1-2-4-16(5-3-1)8-10-24-12-14-25(15-13-24)19-20-23-22-18(17-6-7-17)26(20)11-9-21-19/h1-5,9,11,17H,6-8,10,12-15H2. The van der Waals surface area contributed by atoms with Gasteiger partial charge in [-0.3, -0.25) is 9.30 Å². The number of fused-ring (bicyclic) bond motifs is 1. The summed E-state index contributed by atoms with van der Waals surface area (Å²) in [6.07, 6.45) is 7.47. The van der Waals surface area contributed by atoms with Crippen molar-refractivity contribution < 1.29 is 0 Å². The molecular formula is C20H24N6. The molecule has 26 heavy (non-hydrogen) atoms. The number of hydrogen-bond donors (Lipinski definition) is 0. The number of benzene rings is 1. The van der Waals surface area contributed by atoms with Gasteiger partial charge in [0.1, 0.15) is 5.82 Å². The van der Waals surface area contributed by atoms with Crippen LogP contribution in [0.4, 0.5) is 5.82 Å². The van der Waals surface area contributed by atoms with Gasteiger partial charge in [0.25, 0.3) is 0 Å². The highest BCUT2D eigenvalue weighted by atomic mass is 15.3. The second kappa shape index (κ2) is 6.68. The lowest BCUT2D eigenvalue weighted by Crippen LogP contribution is -2.47. The Labute approximate surface area is 153 Å². The molecule has 134 valence electrons. The van der Waals surface area contributed by atoms with E-state index in [1.807, 2.05) is 12.4 Å². The minimum Gasteiger partial charge on any atom is -0.351 e. The molecule has 5 rings (SSSR count). The van der Waals surface area contributed by atoms with Crippen LogP contribution in [0.3, 0.4) is 0 Å². The summed E-state index contributed by atoms with van der Waals surface area (Å²) in [6, 6.07) is 10.7. The van der Waals surface area contributed by atoms with Gasteiger partial charge in [0, 0.05) is 51.0 Å². The molecule has 0 N–H and O–H groups in total. The molecule has 0 unspecified atom stereocenters. The molecule has 3 aromatic rings. The zero-order valence-corrected chi connectivity index (χ0v) is 15.0. The first kappa shape index (κ1) is 15.8. The van der Waals surface area contributed by atoms with Gasteiger partial charge in [0.05, 0.1) is 0 Å². The minimum atomic E-state index is 0.593. The molecule has 6 nitrogen and oxygen atoms in total. The molecule has 1 saturated carbocycles. The lowest BCUT2D eigenvalue weighted by molar-refractivity contribution is 0.260. The van der Waals surface area contributed by atoms with Gasteiger partial charge in [-0.05, 0) is 24.8 Å². The van der Waals surface area contributed by atoms with E-state index < -0.39 is 0 Å². The molecule has 0 bridgehead atoms. The predicted molar refractivity (Wildman–Crippen MR) is 102 cm³/mol. The van der Waals surface area contributed by atoms with Gasteiger partial charge in [-0.15, -0.1) is 10.2 Å². The Morgan fingerprint density at radius 3 is 2.54 bits per heavy atom. The SMILES string of the molecule is c1ccc(CCN2CCN(c3nccn4c(C5CC5)nnc34)CC2)cc1. The Morgan fingerprint density at radius 2 is 1.77 bits per heavy atom. The van der Waals surface area contributed by atoms with Crippen LogP contribution in [-0.4, -0.2) is 57.2 Å². The Balaban J connectivity index is 1.25. The van der Waals surface area contributed by atoms with Crippen molar-refractivity contribution in [3.63, 3.8) is 0 Å². The fraction of sp³-hybridized carbons (Fsp3) is 0.450. The average molecular weight is 348 g/mol. The fourth-order valence-electron chi connectivity index (χ4n) is 3.79. The topological polar surface area (TPSA) is 49.6 Å². The van der Waals surface area contributed by atoms with Crippen LogP contribution in [0.1, 0.15) is 30.1 Å². The minimum absolute atomic E-state index is 0.593. The Hall–Kier alpha value is -2.47. The van der Waals surface area contributed by atoms with E-state index in [0.717, 1.165) is 56.4 Å². The van der Waals surface area contributed by atoms with Crippen LogP contribution in [0, 0.1) is 0 Å². The van der Waals surface area contributed by atoms with Crippen molar-refractivity contribution in [2.75, 3.05) is 37.6 Å². The normalized spacial score (nSPS) is 18.5. The summed E-state index contributed by atoms with van der Waals surface area (Å²) in [7, 11) is 0. The quantitative estimate of drug-likeness (QED) is 0.708. The summed E-state index contributed by atoms with van der Waals surface area (Å²) >= 11 is 0. The van der Waals surface area contributed by atoms with Crippen LogP contribution < -0.4 is 4.90 Å². The molecular weight excluding hydrogens is 324 g/mol. The number of piperazine rings is 1. The number of nitrogens with zero attached hydrogens (tertiary/aromatic N) is 6. The summed E-state index contributed by atoms with van der Waals surface area (Å²) in [5.41, 5.74) is 2.32. The smallest absolute Gasteiger partial charge is 0.203 e. The predicted octanol–water partition coefficient (Wildman–Crippen LogP) is 2.37. The van der Waals surface area contributed by atoms with Crippen LogP contribution >= 0.6 is 0 Å². The fourth-order valence-corrected chi connectivity index (χ4v) is 3.79. The number of hydrogen-bond acceptors (Lipinski definition) is 5. The van der Waals surface area contributed by atoms with Crippen LogP contribution in [0.2, 0.25) is 0 Å². The van der Waals surface area contributed by atoms with E-state index >= 15 is 0 Å². The van der Waals surface area contributed by atoms with Gasteiger partial charge in [0.15, 0.2) is 5.82 Å². The van der Waals surface area contributed by atoms with Gasteiger partial charge >= 0.3 is 0 Å². The van der Waals surface area contributed by atoms with E-state index in [4.69, 9.17) is 0 Å². The molecule has 0 amide bonds. The lowest BCUT2D eigenvalue weighted by Gasteiger charge is -2.35. The highest BCUT2D eigenvalue weighted by Gasteiger charge is 2.30. The molecule has 1 aromatic carbocycles. The maximum atomic E-state index is 4.63. The number of anilines is 1. The third-order valence-corrected chi connectivity index (χ3v) is 5.51. The third-order valence-electron chi connectivity index (χ3n) is 5.51. The maximum Gasteiger partial charge on any atom is 0.203 e. The van der Waals surface area contributed by atoms with E-state index in [1.54, 1.807) is 0 Å². The summed E-state index contributed by atoms with van der Waals surface area (Å²) in [5.74, 6) is 2.68. The first-order valence-electron chi connectivity index (χ1n) is 9.59. The van der Waals surface area contributed by atoms with Crippen molar-refractivity contribution in [1.29, 1.82) is 0 Å². The van der Waals surface area contributed by atoms with E-state index in [2.05, 4.69) is 59.7 Å². The largest absolute Gasteiger partial charge is 0.351 e. The van der Waals surface area contributed by atoms with Crippen LogP contribution in [0.25, 0.3) is 5.65 Å². The van der Waals surface area contributed by atoms with Crippen LogP contribution in [-0.2, 0) is 6.42 Å². The van der Waals surface area contributed by atoms with E-state index in [9.17, 15) is 0 Å². The molecule has 1 aliphatic heterocycles. The Kier molecular flexibility index (Phi) is 4.05. The molecule has 1 saturated heterocycles. The van der Waals surface area contributed by atoms with Crippen molar-refractivity contribution in [1.82, 2.24) is 24.5 Å². The molecule has 2 aromatic heterocycles. The van der Waals surface area contributed by atoms with Crippen molar-refractivity contribution >= 4 is 11.5 Å². The molecule has 3 heterocycles. The second-order valence-corrected chi connectivity index (χ2v) is 7.34. The monoisotopic (exact) mass is 348 g/mol. The van der Waals surface area contributed by atoms with Gasteiger partial charge in [0.2, 0.25) is 5.65 Å². The Morgan fingerprint density at radius 1 is 0.962 bits per heavy atom. The van der Waals surface area contributed by atoms with Gasteiger partial charge in [-0.2, -0.15) is 0 Å². The molecule has 2 aliphatic rings. The maximum absolute atomic E-state index is 4.63. The van der Waals surface area contributed by atoms with Gasteiger partial charge in [-0.25, -0.2) is 4.98 Å². The summed E-state index contributed by atoms with van der Waals surface area (Å²) in [4.78, 5) is 9.53. The molecule has 0 radical (unpaired) electrons. The van der Waals surface area contributed by atoms with Crippen LogP contribution in [0.5, 0.6) is 0 Å². The van der Waals surface area contributed by atoms with E-state index in [-0.39, 0.29) is 0 Å². The summed E-state index contributed by atoms with van der Waals surface area (Å²) in [5, 5.41) is 8.87. The second-order valence-electron chi connectivity index (χ2n) is 7.34. The zero-order valence-electron chi connectivity index (χ0n) is 15.0. The molecule has 0 spiro atoms. The molecule has 1 aliphatic carbocycles. The average Bonchev–Trinajstić information content (AvgIpc) is 3.46. The van der Waals surface area contributed by atoms with Crippen molar-refractivity contribution in [3.8, 4) is 0 Å². The zero-order chi connectivity index (χ0) is 17.3. The van der Waals surface area contributed by atoms with Gasteiger partial charge < -0.3 is 4.90 Å². The van der Waals surface area contributed by atoms with Crippen LogP contribution in [0.15, 0.2) is 42.7 Å². The molecule has 6 heteroatoms. The number of rotatable bonds is 5. The summed E-state index contributed by atoms with van der Waals surface area (Å²) in [6.45, 7) is 5.24. The first-order chi connectivity index (χ1) is 12.9. The van der Waals surface area contributed by atoms with E-state index in [0.29, 0.717) is 5.92 Å². The molecule has 0 atom stereocenters. The van der Waals surface area contributed by atoms with E-state index in [1.165, 1.54) is 18.4 Å². The lowest BCUT2D eigenvalue weighted by atomic mass is 10.1.